The van der Waals surface area contributed by atoms with Crippen molar-refractivity contribution < 1.29 is 19.4 Å². The van der Waals surface area contributed by atoms with Crippen molar-refractivity contribution in [2.24, 2.45) is 0 Å². The maximum atomic E-state index is 11.7. The van der Waals surface area contributed by atoms with Gasteiger partial charge >= 0.3 is 5.97 Å². The standard InChI is InChI=1S/C13H16O4/c1-2-17-11-8-6-10(7-9-11)12(14)4-3-5-13(15)16/h6-9H,2-5H2,1H3,(H,15,16). The molecule has 0 aromatic heterocycles. The third-order valence-corrected chi connectivity index (χ3v) is 2.28. The van der Waals surface area contributed by atoms with Gasteiger partial charge in [-0.3, -0.25) is 9.59 Å². The van der Waals surface area contributed by atoms with Gasteiger partial charge in [0.1, 0.15) is 5.75 Å². The highest BCUT2D eigenvalue weighted by Gasteiger charge is 2.07. The summed E-state index contributed by atoms with van der Waals surface area (Å²) in [6.07, 6.45) is 0.671. The van der Waals surface area contributed by atoms with Crippen molar-refractivity contribution in [2.45, 2.75) is 26.2 Å². The molecule has 4 nitrogen and oxygen atoms in total. The Kier molecular flexibility index (Phi) is 5.20. The van der Waals surface area contributed by atoms with Crippen molar-refractivity contribution in [3.05, 3.63) is 29.8 Å². The number of aliphatic carboxylic acids is 1. The fourth-order valence-electron chi connectivity index (χ4n) is 1.45. The molecule has 0 saturated heterocycles. The molecule has 0 spiro atoms. The SMILES string of the molecule is CCOc1ccc(C(=O)CCCC(=O)O)cc1. The second-order valence-electron chi connectivity index (χ2n) is 3.63. The first-order valence-electron chi connectivity index (χ1n) is 5.61. The quantitative estimate of drug-likeness (QED) is 0.739. The average Bonchev–Trinajstić information content (AvgIpc) is 2.30. The lowest BCUT2D eigenvalue weighted by Crippen LogP contribution is -2.02. The van der Waals surface area contributed by atoms with Gasteiger partial charge in [-0.05, 0) is 37.6 Å². The maximum Gasteiger partial charge on any atom is 0.303 e. The van der Waals surface area contributed by atoms with Gasteiger partial charge in [-0.1, -0.05) is 0 Å². The minimum atomic E-state index is -0.871. The summed E-state index contributed by atoms with van der Waals surface area (Å²) in [5.41, 5.74) is 0.596. The van der Waals surface area contributed by atoms with Crippen molar-refractivity contribution in [3.8, 4) is 5.75 Å². The van der Waals surface area contributed by atoms with Gasteiger partial charge in [0.2, 0.25) is 0 Å². The van der Waals surface area contributed by atoms with Gasteiger partial charge in [-0.25, -0.2) is 0 Å². The third-order valence-electron chi connectivity index (χ3n) is 2.28. The Balaban J connectivity index is 2.48. The molecule has 0 bridgehead atoms. The highest BCUT2D eigenvalue weighted by molar-refractivity contribution is 5.96. The van der Waals surface area contributed by atoms with Crippen LogP contribution >= 0.6 is 0 Å². The summed E-state index contributed by atoms with van der Waals surface area (Å²) in [4.78, 5) is 22.0. The summed E-state index contributed by atoms with van der Waals surface area (Å²) in [6.45, 7) is 2.48. The first-order chi connectivity index (χ1) is 8.13. The summed E-state index contributed by atoms with van der Waals surface area (Å²) in [7, 11) is 0. The molecule has 4 heteroatoms. The zero-order valence-electron chi connectivity index (χ0n) is 9.81. The molecule has 0 aliphatic heterocycles. The zero-order chi connectivity index (χ0) is 12.7. The Hall–Kier alpha value is -1.84. The molecule has 0 fully saturated rings. The van der Waals surface area contributed by atoms with Gasteiger partial charge < -0.3 is 9.84 Å². The number of benzene rings is 1. The number of rotatable bonds is 7. The molecule has 0 radical (unpaired) electrons. The number of carboxylic acid groups (broad SMARTS) is 1. The van der Waals surface area contributed by atoms with Gasteiger partial charge in [0.25, 0.3) is 0 Å². The van der Waals surface area contributed by atoms with E-state index in [9.17, 15) is 9.59 Å². The summed E-state index contributed by atoms with van der Waals surface area (Å²) in [5, 5.41) is 8.46. The Labute approximate surface area is 100 Å². The molecule has 0 heterocycles. The van der Waals surface area contributed by atoms with Crippen LogP contribution in [0.1, 0.15) is 36.5 Å². The molecule has 0 atom stereocenters. The number of carboxylic acids is 1. The fourth-order valence-corrected chi connectivity index (χ4v) is 1.45. The summed E-state index contributed by atoms with van der Waals surface area (Å²) in [6, 6.07) is 6.89. The number of carbonyl (C=O) groups is 2. The highest BCUT2D eigenvalue weighted by Crippen LogP contribution is 2.14. The van der Waals surface area contributed by atoms with E-state index in [4.69, 9.17) is 9.84 Å². The van der Waals surface area contributed by atoms with Crippen molar-refractivity contribution in [1.82, 2.24) is 0 Å². The zero-order valence-corrected chi connectivity index (χ0v) is 9.81. The smallest absolute Gasteiger partial charge is 0.303 e. The predicted molar refractivity (Wildman–Crippen MR) is 63.4 cm³/mol. The van der Waals surface area contributed by atoms with E-state index in [0.29, 0.717) is 18.6 Å². The van der Waals surface area contributed by atoms with Crippen LogP contribution in [0.3, 0.4) is 0 Å². The molecule has 0 saturated carbocycles. The van der Waals surface area contributed by atoms with Crippen molar-refractivity contribution >= 4 is 11.8 Å². The number of carbonyl (C=O) groups excluding carboxylic acids is 1. The molecule has 92 valence electrons. The number of Topliss-reactive ketones (excluding diaryl/α,β-unsaturated/α-hetero) is 1. The second kappa shape index (κ2) is 6.68. The van der Waals surface area contributed by atoms with Crippen molar-refractivity contribution in [3.63, 3.8) is 0 Å². The molecule has 0 aliphatic carbocycles. The number of ether oxygens (including phenoxy) is 1. The van der Waals surface area contributed by atoms with E-state index in [0.717, 1.165) is 5.75 Å². The normalized spacial score (nSPS) is 9.94. The van der Waals surface area contributed by atoms with Crippen LogP contribution in [0.15, 0.2) is 24.3 Å². The first kappa shape index (κ1) is 13.2. The first-order valence-corrected chi connectivity index (χ1v) is 5.61. The number of ketones is 1. The number of hydrogen-bond donors (Lipinski definition) is 1. The van der Waals surface area contributed by atoms with Crippen molar-refractivity contribution in [2.75, 3.05) is 6.61 Å². The molecule has 1 N–H and O–H groups in total. The Morgan fingerprint density at radius 1 is 1.18 bits per heavy atom. The Bertz CT molecular complexity index is 381. The van der Waals surface area contributed by atoms with Gasteiger partial charge in [0.15, 0.2) is 5.78 Å². The lowest BCUT2D eigenvalue weighted by Gasteiger charge is -2.04. The summed E-state index contributed by atoms with van der Waals surface area (Å²) < 4.78 is 5.26. The highest BCUT2D eigenvalue weighted by atomic mass is 16.5. The van der Waals surface area contributed by atoms with E-state index in [1.165, 1.54) is 0 Å². The minimum Gasteiger partial charge on any atom is -0.494 e. The molecular formula is C13H16O4. The monoisotopic (exact) mass is 236 g/mol. The molecule has 0 aliphatic rings. The largest absolute Gasteiger partial charge is 0.494 e. The van der Waals surface area contributed by atoms with E-state index >= 15 is 0 Å². The lowest BCUT2D eigenvalue weighted by atomic mass is 10.1. The van der Waals surface area contributed by atoms with Crippen LogP contribution in [0.4, 0.5) is 0 Å². The second-order valence-corrected chi connectivity index (χ2v) is 3.63. The third kappa shape index (κ3) is 4.68. The molecule has 0 unspecified atom stereocenters. The van der Waals surface area contributed by atoms with E-state index in [2.05, 4.69) is 0 Å². The fraction of sp³-hybridized carbons (Fsp3) is 0.385. The minimum absolute atomic E-state index is 0.0305. The molecule has 1 aromatic rings. The summed E-state index contributed by atoms with van der Waals surface area (Å²) >= 11 is 0. The van der Waals surface area contributed by atoms with Crippen LogP contribution in [0.2, 0.25) is 0 Å². The van der Waals surface area contributed by atoms with Crippen LogP contribution in [0, 0.1) is 0 Å². The van der Waals surface area contributed by atoms with Gasteiger partial charge in [0.05, 0.1) is 6.61 Å². The molecule has 1 aromatic carbocycles. The molecule has 1 rings (SSSR count). The van der Waals surface area contributed by atoms with Crippen LogP contribution in [-0.4, -0.2) is 23.5 Å². The van der Waals surface area contributed by atoms with Crippen LogP contribution < -0.4 is 4.74 Å². The van der Waals surface area contributed by atoms with E-state index in [1.807, 2.05) is 6.92 Å². The van der Waals surface area contributed by atoms with Gasteiger partial charge in [-0.15, -0.1) is 0 Å². The Morgan fingerprint density at radius 2 is 1.82 bits per heavy atom. The Morgan fingerprint density at radius 3 is 2.35 bits per heavy atom. The predicted octanol–water partition coefficient (Wildman–Crippen LogP) is 2.52. The summed E-state index contributed by atoms with van der Waals surface area (Å²) in [5.74, 6) is -0.173. The molecule has 0 amide bonds. The average molecular weight is 236 g/mol. The molecular weight excluding hydrogens is 220 g/mol. The van der Waals surface area contributed by atoms with Crippen LogP contribution in [-0.2, 0) is 4.79 Å². The van der Waals surface area contributed by atoms with E-state index in [-0.39, 0.29) is 18.6 Å². The van der Waals surface area contributed by atoms with Gasteiger partial charge in [-0.2, -0.15) is 0 Å². The topological polar surface area (TPSA) is 63.6 Å². The lowest BCUT2D eigenvalue weighted by molar-refractivity contribution is -0.137. The van der Waals surface area contributed by atoms with Crippen LogP contribution in [0.25, 0.3) is 0 Å². The number of hydrogen-bond acceptors (Lipinski definition) is 3. The maximum absolute atomic E-state index is 11.7. The van der Waals surface area contributed by atoms with Gasteiger partial charge in [0, 0.05) is 18.4 Å². The van der Waals surface area contributed by atoms with E-state index < -0.39 is 5.97 Å². The van der Waals surface area contributed by atoms with Crippen LogP contribution in [0.5, 0.6) is 5.75 Å². The van der Waals surface area contributed by atoms with Crippen molar-refractivity contribution in [1.29, 1.82) is 0 Å². The van der Waals surface area contributed by atoms with E-state index in [1.54, 1.807) is 24.3 Å². The molecule has 17 heavy (non-hydrogen) atoms.